The van der Waals surface area contributed by atoms with Crippen LogP contribution in [0.3, 0.4) is 0 Å². The van der Waals surface area contributed by atoms with Crippen LogP contribution in [0.4, 0.5) is 13.2 Å². The van der Waals surface area contributed by atoms with E-state index in [2.05, 4.69) is 30.5 Å². The third kappa shape index (κ3) is 8.94. The van der Waals surface area contributed by atoms with Crippen molar-refractivity contribution in [1.82, 2.24) is 10.6 Å². The Balaban J connectivity index is 0.000000553. The summed E-state index contributed by atoms with van der Waals surface area (Å²) in [4.78, 5) is 33.2. The summed E-state index contributed by atoms with van der Waals surface area (Å²) in [6, 6.07) is 6.21. The number of ketones is 1. The molecule has 1 aromatic rings. The van der Waals surface area contributed by atoms with E-state index in [0.29, 0.717) is 0 Å². The molecule has 6 nitrogen and oxygen atoms in total. The average Bonchev–Trinajstić information content (AvgIpc) is 2.94. The van der Waals surface area contributed by atoms with Gasteiger partial charge in [-0.25, -0.2) is 4.79 Å². The fraction of sp³-hybridized carbons (Fsp3) is 0.571. The molecule has 3 N–H and O–H groups in total. The first-order valence-corrected chi connectivity index (χ1v) is 10.0. The van der Waals surface area contributed by atoms with Gasteiger partial charge in [-0.15, -0.1) is 0 Å². The molecule has 9 heteroatoms. The van der Waals surface area contributed by atoms with Gasteiger partial charge in [-0.3, -0.25) is 9.59 Å². The van der Waals surface area contributed by atoms with Crippen molar-refractivity contribution in [3.05, 3.63) is 34.9 Å². The van der Waals surface area contributed by atoms with Gasteiger partial charge in [-0.1, -0.05) is 26.0 Å². The lowest BCUT2D eigenvalue weighted by atomic mass is 9.97. The van der Waals surface area contributed by atoms with Gasteiger partial charge in [0.2, 0.25) is 5.91 Å². The Morgan fingerprint density at radius 2 is 1.63 bits per heavy atom. The molecule has 0 aromatic heterocycles. The second kappa shape index (κ2) is 12.3. The standard InChI is InChI=1S/C19H28N2O2.C2HF3O2/c1-3-17(4-2)21-19(23)8-7-18(22)16-6-5-14-9-11-20-12-10-15(14)13-16;3-2(4,5)1(6)7/h5-6,13,17,20H,3-4,7-12H2,1-2H3,(H,21,23);(H,6,7). The molecular weight excluding hydrogens is 401 g/mol. The second-order valence-electron chi connectivity index (χ2n) is 7.04. The SMILES string of the molecule is CCC(CC)NC(=O)CCC(=O)c1ccc2c(c1)CCNCC2.O=C(O)C(F)(F)F. The first kappa shape index (κ1) is 25.6. The molecule has 0 radical (unpaired) electrons. The number of fused-ring (bicyclic) bond motifs is 1. The summed E-state index contributed by atoms with van der Waals surface area (Å²) in [7, 11) is 0. The number of carbonyl (C=O) groups excluding carboxylic acids is 2. The Morgan fingerprint density at radius 1 is 1.07 bits per heavy atom. The fourth-order valence-corrected chi connectivity index (χ4v) is 3.01. The van der Waals surface area contributed by atoms with E-state index >= 15 is 0 Å². The van der Waals surface area contributed by atoms with Gasteiger partial charge in [0.05, 0.1) is 0 Å². The van der Waals surface area contributed by atoms with Crippen molar-refractivity contribution in [1.29, 1.82) is 0 Å². The van der Waals surface area contributed by atoms with Crippen LogP contribution >= 0.6 is 0 Å². The van der Waals surface area contributed by atoms with Gasteiger partial charge in [0.25, 0.3) is 0 Å². The first-order chi connectivity index (χ1) is 14.1. The van der Waals surface area contributed by atoms with Crippen LogP contribution in [0.25, 0.3) is 0 Å². The Labute approximate surface area is 174 Å². The minimum atomic E-state index is -5.08. The van der Waals surface area contributed by atoms with E-state index in [1.54, 1.807) is 0 Å². The summed E-state index contributed by atoms with van der Waals surface area (Å²) < 4.78 is 31.7. The van der Waals surface area contributed by atoms with E-state index in [0.717, 1.165) is 44.3 Å². The molecule has 1 aliphatic heterocycles. The number of amides is 1. The fourth-order valence-electron chi connectivity index (χ4n) is 3.01. The van der Waals surface area contributed by atoms with Gasteiger partial charge in [-0.05, 0) is 56.0 Å². The molecular formula is C21H29F3N2O4. The number of hydrogen-bond acceptors (Lipinski definition) is 4. The maximum Gasteiger partial charge on any atom is 0.490 e. The molecule has 30 heavy (non-hydrogen) atoms. The summed E-state index contributed by atoms with van der Waals surface area (Å²) in [5.41, 5.74) is 3.33. The van der Waals surface area contributed by atoms with E-state index in [1.165, 1.54) is 11.1 Å². The molecule has 0 atom stereocenters. The number of Topliss-reactive ketones (excluding diaryl/α,β-unsaturated/α-hetero) is 1. The molecule has 0 saturated heterocycles. The molecule has 0 spiro atoms. The smallest absolute Gasteiger partial charge is 0.475 e. The molecule has 1 aliphatic rings. The molecule has 0 aliphatic carbocycles. The van der Waals surface area contributed by atoms with Gasteiger partial charge in [0.15, 0.2) is 5.78 Å². The van der Waals surface area contributed by atoms with Crippen LogP contribution in [0.1, 0.15) is 61.0 Å². The molecule has 0 saturated carbocycles. The number of rotatable bonds is 7. The Kier molecular flexibility index (Phi) is 10.5. The molecule has 0 fully saturated rings. The molecule has 1 heterocycles. The zero-order valence-corrected chi connectivity index (χ0v) is 17.3. The van der Waals surface area contributed by atoms with E-state index in [-0.39, 0.29) is 30.6 Å². The zero-order valence-electron chi connectivity index (χ0n) is 17.3. The normalized spacial score (nSPS) is 13.5. The first-order valence-electron chi connectivity index (χ1n) is 10.0. The Morgan fingerprint density at radius 3 is 2.17 bits per heavy atom. The minimum Gasteiger partial charge on any atom is -0.475 e. The third-order valence-corrected chi connectivity index (χ3v) is 4.84. The maximum absolute atomic E-state index is 12.4. The molecule has 168 valence electrons. The third-order valence-electron chi connectivity index (χ3n) is 4.84. The summed E-state index contributed by atoms with van der Waals surface area (Å²) in [6.45, 7) is 6.08. The number of carboxylic acids is 1. The number of carbonyl (C=O) groups is 3. The predicted molar refractivity (Wildman–Crippen MR) is 106 cm³/mol. The number of benzene rings is 1. The van der Waals surface area contributed by atoms with Gasteiger partial charge in [0.1, 0.15) is 0 Å². The number of alkyl halides is 3. The van der Waals surface area contributed by atoms with Gasteiger partial charge in [-0.2, -0.15) is 13.2 Å². The lowest BCUT2D eigenvalue weighted by Gasteiger charge is -2.14. The number of hydrogen-bond donors (Lipinski definition) is 3. The average molecular weight is 430 g/mol. The number of halogens is 3. The van der Waals surface area contributed by atoms with Crippen molar-refractivity contribution in [2.24, 2.45) is 0 Å². The van der Waals surface area contributed by atoms with Crippen LogP contribution in [0, 0.1) is 0 Å². The number of nitrogens with one attached hydrogen (secondary N) is 2. The van der Waals surface area contributed by atoms with Gasteiger partial charge < -0.3 is 15.7 Å². The molecule has 2 rings (SSSR count). The van der Waals surface area contributed by atoms with E-state index < -0.39 is 12.1 Å². The predicted octanol–water partition coefficient (Wildman–Crippen LogP) is 3.28. The molecule has 0 unspecified atom stereocenters. The lowest BCUT2D eigenvalue weighted by molar-refractivity contribution is -0.192. The van der Waals surface area contributed by atoms with E-state index in [4.69, 9.17) is 9.90 Å². The Bertz CT molecular complexity index is 731. The summed E-state index contributed by atoms with van der Waals surface area (Å²) >= 11 is 0. The largest absolute Gasteiger partial charge is 0.490 e. The van der Waals surface area contributed by atoms with Crippen LogP contribution in [0.5, 0.6) is 0 Å². The van der Waals surface area contributed by atoms with Gasteiger partial charge >= 0.3 is 12.1 Å². The highest BCUT2D eigenvalue weighted by atomic mass is 19.4. The Hall–Kier alpha value is -2.42. The van der Waals surface area contributed by atoms with Crippen LogP contribution < -0.4 is 10.6 Å². The monoisotopic (exact) mass is 430 g/mol. The van der Waals surface area contributed by atoms with Crippen LogP contribution in [0.15, 0.2) is 18.2 Å². The van der Waals surface area contributed by atoms with Crippen molar-refractivity contribution in [2.75, 3.05) is 13.1 Å². The van der Waals surface area contributed by atoms with Crippen LogP contribution in [-0.4, -0.2) is 48.1 Å². The summed E-state index contributed by atoms with van der Waals surface area (Å²) in [5, 5.41) is 13.5. The summed E-state index contributed by atoms with van der Waals surface area (Å²) in [6.07, 6.45) is -0.700. The van der Waals surface area contributed by atoms with Gasteiger partial charge in [0, 0.05) is 24.4 Å². The zero-order chi connectivity index (χ0) is 22.7. The van der Waals surface area contributed by atoms with Crippen molar-refractivity contribution >= 4 is 17.7 Å². The quantitative estimate of drug-likeness (QED) is 0.577. The molecule has 1 amide bonds. The molecule has 0 bridgehead atoms. The second-order valence-corrected chi connectivity index (χ2v) is 7.04. The topological polar surface area (TPSA) is 95.5 Å². The van der Waals surface area contributed by atoms with Crippen molar-refractivity contribution in [2.45, 2.75) is 64.6 Å². The highest BCUT2D eigenvalue weighted by Gasteiger charge is 2.38. The highest BCUT2D eigenvalue weighted by Crippen LogP contribution is 2.17. The number of carboxylic acid groups (broad SMARTS) is 1. The van der Waals surface area contributed by atoms with Crippen molar-refractivity contribution in [3.63, 3.8) is 0 Å². The van der Waals surface area contributed by atoms with Crippen LogP contribution in [0.2, 0.25) is 0 Å². The van der Waals surface area contributed by atoms with E-state index in [9.17, 15) is 22.8 Å². The van der Waals surface area contributed by atoms with Crippen molar-refractivity contribution < 1.29 is 32.7 Å². The molecule has 1 aromatic carbocycles. The van der Waals surface area contributed by atoms with Crippen molar-refractivity contribution in [3.8, 4) is 0 Å². The number of aliphatic carboxylic acids is 1. The van der Waals surface area contributed by atoms with E-state index in [1.807, 2.05) is 12.1 Å². The highest BCUT2D eigenvalue weighted by molar-refractivity contribution is 5.98. The maximum atomic E-state index is 12.4. The lowest BCUT2D eigenvalue weighted by Crippen LogP contribution is -2.33. The van der Waals surface area contributed by atoms with Crippen LogP contribution in [-0.2, 0) is 22.4 Å². The summed E-state index contributed by atoms with van der Waals surface area (Å²) in [5.74, 6) is -2.72. The minimum absolute atomic E-state index is 0.0222.